The summed E-state index contributed by atoms with van der Waals surface area (Å²) in [7, 11) is 0. The first-order chi connectivity index (χ1) is 11.1. The van der Waals surface area contributed by atoms with Gasteiger partial charge in [0, 0.05) is 37.2 Å². The van der Waals surface area contributed by atoms with Crippen LogP contribution in [0.4, 0.5) is 0 Å². The van der Waals surface area contributed by atoms with Gasteiger partial charge in [-0.2, -0.15) is 0 Å². The SMILES string of the molecule is CC(c1ccccc1Cl)N1CCN(C(=O)c2ccc(Br)o2)CC1. The molecule has 6 heteroatoms. The van der Waals surface area contributed by atoms with Crippen molar-refractivity contribution in [1.82, 2.24) is 9.80 Å². The highest BCUT2D eigenvalue weighted by molar-refractivity contribution is 9.10. The minimum absolute atomic E-state index is 0.0549. The average molecular weight is 398 g/mol. The van der Waals surface area contributed by atoms with Crippen LogP contribution in [0.1, 0.15) is 29.1 Å². The molecule has 2 heterocycles. The lowest BCUT2D eigenvalue weighted by Crippen LogP contribution is -2.49. The molecule has 0 saturated carbocycles. The molecule has 0 spiro atoms. The molecule has 0 aliphatic carbocycles. The van der Waals surface area contributed by atoms with Crippen LogP contribution >= 0.6 is 27.5 Å². The Morgan fingerprint density at radius 1 is 1.17 bits per heavy atom. The van der Waals surface area contributed by atoms with Gasteiger partial charge in [0.1, 0.15) is 0 Å². The summed E-state index contributed by atoms with van der Waals surface area (Å²) in [4.78, 5) is 16.6. The van der Waals surface area contributed by atoms with Crippen LogP contribution in [-0.2, 0) is 0 Å². The van der Waals surface area contributed by atoms with Crippen LogP contribution in [-0.4, -0.2) is 41.9 Å². The van der Waals surface area contributed by atoms with Crippen LogP contribution in [0.2, 0.25) is 5.02 Å². The molecule has 0 N–H and O–H groups in total. The number of amides is 1. The van der Waals surface area contributed by atoms with Gasteiger partial charge in [-0.1, -0.05) is 29.8 Å². The molecule has 2 aromatic rings. The Hall–Kier alpha value is -1.30. The standard InChI is InChI=1S/C17H18BrClN2O2/c1-12(13-4-2-3-5-14(13)19)20-8-10-21(11-9-20)17(22)15-6-7-16(18)23-15/h2-7,12H,8-11H2,1H3. The average Bonchev–Trinajstić information content (AvgIpc) is 3.01. The number of benzene rings is 1. The zero-order chi connectivity index (χ0) is 16.4. The second kappa shape index (κ2) is 7.07. The molecule has 3 rings (SSSR count). The molecule has 1 aromatic heterocycles. The second-order valence-electron chi connectivity index (χ2n) is 5.63. The van der Waals surface area contributed by atoms with Crippen molar-refractivity contribution in [3.63, 3.8) is 0 Å². The van der Waals surface area contributed by atoms with Crippen LogP contribution in [0.5, 0.6) is 0 Å². The molecule has 1 aromatic carbocycles. The van der Waals surface area contributed by atoms with Crippen LogP contribution in [0.15, 0.2) is 45.5 Å². The van der Waals surface area contributed by atoms with E-state index in [1.165, 1.54) is 0 Å². The maximum atomic E-state index is 12.4. The van der Waals surface area contributed by atoms with Crippen molar-refractivity contribution in [3.05, 3.63) is 57.4 Å². The highest BCUT2D eigenvalue weighted by Crippen LogP contribution is 2.28. The molecule has 1 saturated heterocycles. The number of hydrogen-bond acceptors (Lipinski definition) is 3. The Kier molecular flexibility index (Phi) is 5.09. The number of rotatable bonds is 3. The number of hydrogen-bond donors (Lipinski definition) is 0. The Morgan fingerprint density at radius 2 is 1.87 bits per heavy atom. The Morgan fingerprint density at radius 3 is 2.48 bits per heavy atom. The lowest BCUT2D eigenvalue weighted by Gasteiger charge is -2.38. The maximum absolute atomic E-state index is 12.4. The Bertz CT molecular complexity index is 695. The number of halogens is 2. The highest BCUT2D eigenvalue weighted by atomic mass is 79.9. The molecule has 4 nitrogen and oxygen atoms in total. The second-order valence-corrected chi connectivity index (χ2v) is 6.82. The first-order valence-corrected chi connectivity index (χ1v) is 8.76. The number of carbonyl (C=O) groups is 1. The van der Waals surface area contributed by atoms with E-state index in [-0.39, 0.29) is 11.9 Å². The van der Waals surface area contributed by atoms with Gasteiger partial charge in [-0.15, -0.1) is 0 Å². The summed E-state index contributed by atoms with van der Waals surface area (Å²) in [5.41, 5.74) is 1.13. The van der Waals surface area contributed by atoms with Crippen molar-refractivity contribution in [2.75, 3.05) is 26.2 Å². The maximum Gasteiger partial charge on any atom is 0.289 e. The third-order valence-electron chi connectivity index (χ3n) is 4.29. The number of furan rings is 1. The predicted molar refractivity (Wildman–Crippen MR) is 93.8 cm³/mol. The monoisotopic (exact) mass is 396 g/mol. The molecular weight excluding hydrogens is 380 g/mol. The van der Waals surface area contributed by atoms with Crippen LogP contribution < -0.4 is 0 Å². The fourth-order valence-electron chi connectivity index (χ4n) is 2.91. The van der Waals surface area contributed by atoms with Gasteiger partial charge in [0.05, 0.1) is 0 Å². The molecule has 23 heavy (non-hydrogen) atoms. The van der Waals surface area contributed by atoms with Gasteiger partial charge in [0.2, 0.25) is 0 Å². The Balaban J connectivity index is 1.62. The minimum Gasteiger partial charge on any atom is -0.444 e. The molecule has 0 bridgehead atoms. The lowest BCUT2D eigenvalue weighted by molar-refractivity contribution is 0.0552. The fourth-order valence-corrected chi connectivity index (χ4v) is 3.51. The van der Waals surface area contributed by atoms with Crippen LogP contribution in [0.3, 0.4) is 0 Å². The quantitative estimate of drug-likeness (QED) is 0.778. The summed E-state index contributed by atoms with van der Waals surface area (Å²) in [6.07, 6.45) is 0. The van der Waals surface area contributed by atoms with Gasteiger partial charge < -0.3 is 9.32 Å². The summed E-state index contributed by atoms with van der Waals surface area (Å²) in [5.74, 6) is 0.324. The van der Waals surface area contributed by atoms with E-state index in [4.69, 9.17) is 16.0 Å². The summed E-state index contributed by atoms with van der Waals surface area (Å²) in [6.45, 7) is 5.17. The van der Waals surface area contributed by atoms with E-state index in [2.05, 4.69) is 33.8 Å². The van der Waals surface area contributed by atoms with Crippen molar-refractivity contribution in [2.45, 2.75) is 13.0 Å². The highest BCUT2D eigenvalue weighted by Gasteiger charge is 2.27. The molecule has 122 valence electrons. The van der Waals surface area contributed by atoms with E-state index in [9.17, 15) is 4.79 Å². The number of piperazine rings is 1. The normalized spacial score (nSPS) is 17.3. The third kappa shape index (κ3) is 3.62. The van der Waals surface area contributed by atoms with E-state index in [0.29, 0.717) is 23.5 Å². The molecule has 1 aliphatic rings. The van der Waals surface area contributed by atoms with Gasteiger partial charge in [0.25, 0.3) is 5.91 Å². The lowest BCUT2D eigenvalue weighted by atomic mass is 10.1. The molecule has 1 aliphatic heterocycles. The first kappa shape index (κ1) is 16.6. The summed E-state index contributed by atoms with van der Waals surface area (Å²) in [6, 6.07) is 11.6. The van der Waals surface area contributed by atoms with Gasteiger partial charge >= 0.3 is 0 Å². The molecular formula is C17H18BrClN2O2. The van der Waals surface area contributed by atoms with Crippen molar-refractivity contribution < 1.29 is 9.21 Å². The van der Waals surface area contributed by atoms with Gasteiger partial charge in [-0.3, -0.25) is 9.69 Å². The number of nitrogens with zero attached hydrogens (tertiary/aromatic N) is 2. The van der Waals surface area contributed by atoms with E-state index in [1.807, 2.05) is 23.1 Å². The first-order valence-electron chi connectivity index (χ1n) is 7.59. The largest absolute Gasteiger partial charge is 0.444 e. The fraction of sp³-hybridized carbons (Fsp3) is 0.353. The van der Waals surface area contributed by atoms with E-state index in [1.54, 1.807) is 12.1 Å². The Labute approximate surface area is 149 Å². The molecule has 1 fully saturated rings. The van der Waals surface area contributed by atoms with Crippen LogP contribution in [0, 0.1) is 0 Å². The zero-order valence-electron chi connectivity index (χ0n) is 12.8. The molecule has 1 atom stereocenters. The predicted octanol–water partition coefficient (Wildman–Crippen LogP) is 4.21. The number of carbonyl (C=O) groups excluding carboxylic acids is 1. The molecule has 1 unspecified atom stereocenters. The van der Waals surface area contributed by atoms with Crippen LogP contribution in [0.25, 0.3) is 0 Å². The summed E-state index contributed by atoms with van der Waals surface area (Å²) >= 11 is 9.52. The van der Waals surface area contributed by atoms with E-state index >= 15 is 0 Å². The van der Waals surface area contributed by atoms with E-state index in [0.717, 1.165) is 23.7 Å². The summed E-state index contributed by atoms with van der Waals surface area (Å²) in [5, 5.41) is 0.791. The molecule has 0 radical (unpaired) electrons. The van der Waals surface area contributed by atoms with Gasteiger partial charge in [0.15, 0.2) is 10.4 Å². The van der Waals surface area contributed by atoms with Gasteiger partial charge in [-0.25, -0.2) is 0 Å². The van der Waals surface area contributed by atoms with Crippen molar-refractivity contribution in [1.29, 1.82) is 0 Å². The topological polar surface area (TPSA) is 36.7 Å². The van der Waals surface area contributed by atoms with Gasteiger partial charge in [-0.05, 0) is 46.6 Å². The van der Waals surface area contributed by atoms with Crippen molar-refractivity contribution in [3.8, 4) is 0 Å². The minimum atomic E-state index is -0.0549. The van der Waals surface area contributed by atoms with E-state index < -0.39 is 0 Å². The summed E-state index contributed by atoms with van der Waals surface area (Å²) < 4.78 is 5.93. The van der Waals surface area contributed by atoms with Crippen molar-refractivity contribution >= 4 is 33.4 Å². The molecule has 1 amide bonds. The third-order valence-corrected chi connectivity index (χ3v) is 5.06. The zero-order valence-corrected chi connectivity index (χ0v) is 15.2. The van der Waals surface area contributed by atoms with Crippen molar-refractivity contribution in [2.24, 2.45) is 0 Å². The smallest absolute Gasteiger partial charge is 0.289 e.